The quantitative estimate of drug-likeness (QED) is 0.587. The number of halogens is 2. The maximum atomic E-state index is 6.25. The summed E-state index contributed by atoms with van der Waals surface area (Å²) >= 11 is 12.3. The fourth-order valence-electron chi connectivity index (χ4n) is 4.18. The lowest BCUT2D eigenvalue weighted by molar-refractivity contribution is 0.424. The largest absolute Gasteiger partial charge is 0.378 e. The molecule has 0 amide bonds. The van der Waals surface area contributed by atoms with E-state index in [0.29, 0.717) is 21.9 Å². The van der Waals surface area contributed by atoms with Gasteiger partial charge in [0.05, 0.1) is 16.1 Å². The van der Waals surface area contributed by atoms with Gasteiger partial charge in [0.25, 0.3) is 0 Å². The lowest BCUT2D eigenvalue weighted by Crippen LogP contribution is -2.29. The molecule has 2 aromatic carbocycles. The Bertz CT molecular complexity index is 810. The highest BCUT2D eigenvalue weighted by Gasteiger charge is 2.38. The summed E-state index contributed by atoms with van der Waals surface area (Å²) in [6, 6.07) is 10.8. The van der Waals surface area contributed by atoms with Gasteiger partial charge >= 0.3 is 0 Å². The fourth-order valence-corrected chi connectivity index (χ4v) is 4.48. The molecule has 1 N–H and O–H groups in total. The summed E-state index contributed by atoms with van der Waals surface area (Å²) < 4.78 is 0. The normalized spacial score (nSPS) is 25.0. The standard InChI is InChI=1S/C20H19Cl2N/c1-11-8-12(2)19-14-4-3-5-15(14)20(23-18(19)9-11)13-6-7-16(21)17(22)10-13/h3-4,6-10,14-15,20,23H,5H2,1-2H3/t14-,15+,20+/m1/s1. The number of nitrogens with one attached hydrogen (secondary N) is 1. The molecule has 2 aromatic rings. The highest BCUT2D eigenvalue weighted by molar-refractivity contribution is 6.42. The minimum atomic E-state index is 0.262. The molecule has 0 aromatic heterocycles. The van der Waals surface area contributed by atoms with Crippen LogP contribution in [0.15, 0.2) is 42.5 Å². The van der Waals surface area contributed by atoms with E-state index < -0.39 is 0 Å². The van der Waals surface area contributed by atoms with E-state index in [1.807, 2.05) is 12.1 Å². The number of fused-ring (bicyclic) bond motifs is 3. The highest BCUT2D eigenvalue weighted by atomic mass is 35.5. The number of anilines is 1. The van der Waals surface area contributed by atoms with Gasteiger partial charge in [-0.2, -0.15) is 0 Å². The first kappa shape index (κ1) is 15.1. The van der Waals surface area contributed by atoms with E-state index in [9.17, 15) is 0 Å². The smallest absolute Gasteiger partial charge is 0.0595 e. The number of allylic oxidation sites excluding steroid dienone is 2. The highest BCUT2D eigenvalue weighted by Crippen LogP contribution is 2.51. The van der Waals surface area contributed by atoms with Crippen molar-refractivity contribution in [2.45, 2.75) is 32.2 Å². The Morgan fingerprint density at radius 2 is 1.87 bits per heavy atom. The molecule has 3 heteroatoms. The van der Waals surface area contributed by atoms with Crippen LogP contribution in [0, 0.1) is 19.8 Å². The van der Waals surface area contributed by atoms with Crippen LogP contribution in [0.2, 0.25) is 10.0 Å². The van der Waals surface area contributed by atoms with Crippen molar-refractivity contribution in [1.29, 1.82) is 0 Å². The maximum absolute atomic E-state index is 6.25. The lowest BCUT2D eigenvalue weighted by Gasteiger charge is -2.38. The molecule has 2 aliphatic rings. The topological polar surface area (TPSA) is 12.0 Å². The molecule has 3 atom stereocenters. The van der Waals surface area contributed by atoms with Gasteiger partial charge in [-0.3, -0.25) is 0 Å². The Hall–Kier alpha value is -1.44. The van der Waals surface area contributed by atoms with E-state index in [1.54, 1.807) is 0 Å². The summed E-state index contributed by atoms with van der Waals surface area (Å²) in [6.07, 6.45) is 5.78. The molecule has 1 aliphatic carbocycles. The Balaban J connectivity index is 1.82. The first-order valence-corrected chi connectivity index (χ1v) is 8.79. The Labute approximate surface area is 147 Å². The van der Waals surface area contributed by atoms with E-state index >= 15 is 0 Å². The molecule has 0 bridgehead atoms. The molecule has 0 saturated carbocycles. The van der Waals surface area contributed by atoms with Gasteiger partial charge in [0.1, 0.15) is 0 Å². The third kappa shape index (κ3) is 2.47. The van der Waals surface area contributed by atoms with Gasteiger partial charge in [-0.25, -0.2) is 0 Å². The number of hydrogen-bond acceptors (Lipinski definition) is 1. The third-order valence-electron chi connectivity index (χ3n) is 5.12. The predicted octanol–water partition coefficient (Wildman–Crippen LogP) is 6.44. The van der Waals surface area contributed by atoms with E-state index in [1.165, 1.54) is 27.9 Å². The van der Waals surface area contributed by atoms with Crippen molar-refractivity contribution in [2.24, 2.45) is 5.92 Å². The van der Waals surface area contributed by atoms with Crippen LogP contribution in [0.4, 0.5) is 5.69 Å². The van der Waals surface area contributed by atoms with Crippen molar-refractivity contribution in [3.63, 3.8) is 0 Å². The summed E-state index contributed by atoms with van der Waals surface area (Å²) in [5, 5.41) is 5.01. The van der Waals surface area contributed by atoms with Crippen molar-refractivity contribution < 1.29 is 0 Å². The van der Waals surface area contributed by atoms with Crippen molar-refractivity contribution >= 4 is 28.9 Å². The van der Waals surface area contributed by atoms with Gasteiger partial charge in [0.15, 0.2) is 0 Å². The summed E-state index contributed by atoms with van der Waals surface area (Å²) in [6.45, 7) is 4.37. The average Bonchev–Trinajstić information content (AvgIpc) is 2.97. The molecule has 0 fully saturated rings. The van der Waals surface area contributed by atoms with Crippen molar-refractivity contribution in [3.05, 3.63) is 74.8 Å². The number of rotatable bonds is 1. The van der Waals surface area contributed by atoms with Crippen molar-refractivity contribution in [1.82, 2.24) is 0 Å². The molecule has 4 rings (SSSR count). The van der Waals surface area contributed by atoms with Gasteiger partial charge in [0.2, 0.25) is 0 Å². The zero-order valence-electron chi connectivity index (χ0n) is 13.2. The second-order valence-electron chi connectivity index (χ2n) is 6.69. The maximum Gasteiger partial charge on any atom is 0.0595 e. The molecule has 0 spiro atoms. The van der Waals surface area contributed by atoms with Crippen LogP contribution >= 0.6 is 23.2 Å². The summed E-state index contributed by atoms with van der Waals surface area (Å²) in [5.74, 6) is 1.01. The molecule has 1 aliphatic heterocycles. The van der Waals surface area contributed by atoms with Crippen LogP contribution in [0.3, 0.4) is 0 Å². The zero-order chi connectivity index (χ0) is 16.1. The van der Waals surface area contributed by atoms with Crippen LogP contribution in [-0.4, -0.2) is 0 Å². The van der Waals surface area contributed by atoms with Crippen LogP contribution in [-0.2, 0) is 0 Å². The second kappa shape index (κ2) is 5.58. The van der Waals surface area contributed by atoms with Gasteiger partial charge in [-0.15, -0.1) is 0 Å². The summed E-state index contributed by atoms with van der Waals surface area (Å²) in [5.41, 5.74) is 6.59. The summed E-state index contributed by atoms with van der Waals surface area (Å²) in [7, 11) is 0. The molecular weight excluding hydrogens is 325 g/mol. The Kier molecular flexibility index (Phi) is 3.66. The van der Waals surface area contributed by atoms with E-state index in [2.05, 4.69) is 49.5 Å². The molecule has 1 nitrogen and oxygen atoms in total. The minimum absolute atomic E-state index is 0.262. The van der Waals surface area contributed by atoms with Crippen LogP contribution in [0.25, 0.3) is 0 Å². The van der Waals surface area contributed by atoms with E-state index in [4.69, 9.17) is 23.2 Å². The molecule has 1 heterocycles. The fraction of sp³-hybridized carbons (Fsp3) is 0.300. The number of aryl methyl sites for hydroxylation is 2. The van der Waals surface area contributed by atoms with Crippen LogP contribution in [0.5, 0.6) is 0 Å². The van der Waals surface area contributed by atoms with Crippen LogP contribution < -0.4 is 5.32 Å². The van der Waals surface area contributed by atoms with Crippen LogP contribution in [0.1, 0.15) is 40.6 Å². The van der Waals surface area contributed by atoms with Gasteiger partial charge in [-0.05, 0) is 66.6 Å². The lowest BCUT2D eigenvalue weighted by atomic mass is 9.75. The zero-order valence-corrected chi connectivity index (χ0v) is 14.7. The van der Waals surface area contributed by atoms with Crippen molar-refractivity contribution in [3.8, 4) is 0 Å². The predicted molar refractivity (Wildman–Crippen MR) is 98.7 cm³/mol. The molecule has 0 saturated heterocycles. The molecule has 0 unspecified atom stereocenters. The molecule has 23 heavy (non-hydrogen) atoms. The minimum Gasteiger partial charge on any atom is -0.378 e. The number of benzene rings is 2. The Morgan fingerprint density at radius 3 is 2.65 bits per heavy atom. The van der Waals surface area contributed by atoms with Gasteiger partial charge in [0, 0.05) is 11.6 Å². The second-order valence-corrected chi connectivity index (χ2v) is 7.51. The van der Waals surface area contributed by atoms with E-state index in [0.717, 1.165) is 6.42 Å². The number of hydrogen-bond donors (Lipinski definition) is 1. The van der Waals surface area contributed by atoms with Gasteiger partial charge in [-0.1, -0.05) is 47.5 Å². The third-order valence-corrected chi connectivity index (χ3v) is 5.86. The Morgan fingerprint density at radius 1 is 1.04 bits per heavy atom. The monoisotopic (exact) mass is 343 g/mol. The average molecular weight is 344 g/mol. The molecule has 0 radical (unpaired) electrons. The SMILES string of the molecule is Cc1cc(C)c2c(c1)N[C@@H](c1ccc(Cl)c(Cl)c1)[C@H]1CC=C[C@@H]21. The van der Waals surface area contributed by atoms with E-state index in [-0.39, 0.29) is 6.04 Å². The summed E-state index contributed by atoms with van der Waals surface area (Å²) in [4.78, 5) is 0. The van der Waals surface area contributed by atoms with Gasteiger partial charge < -0.3 is 5.32 Å². The first-order chi connectivity index (χ1) is 11.0. The molecule has 118 valence electrons. The molecular formula is C20H19Cl2N. The van der Waals surface area contributed by atoms with Crippen molar-refractivity contribution in [2.75, 3.05) is 5.32 Å². The first-order valence-electron chi connectivity index (χ1n) is 8.04.